The third-order valence-corrected chi connectivity index (χ3v) is 3.12. The second kappa shape index (κ2) is 5.63. The minimum absolute atomic E-state index is 0.179. The quantitative estimate of drug-likeness (QED) is 0.582. The Morgan fingerprint density at radius 1 is 1.10 bits per heavy atom. The highest BCUT2D eigenvalue weighted by molar-refractivity contribution is 6.00. The zero-order valence-electron chi connectivity index (χ0n) is 11.5. The van der Waals surface area contributed by atoms with Crippen molar-refractivity contribution in [1.82, 2.24) is 0 Å². The van der Waals surface area contributed by atoms with Crippen molar-refractivity contribution in [1.29, 1.82) is 0 Å². The molecule has 0 aliphatic carbocycles. The Balaban J connectivity index is 1.84. The van der Waals surface area contributed by atoms with Gasteiger partial charge >= 0.3 is 0 Å². The molecular formula is C17H14N2O2. The Labute approximate surface area is 122 Å². The third kappa shape index (κ3) is 2.84. The fourth-order valence-corrected chi connectivity index (χ4v) is 1.98. The number of hydrogen-bond donors (Lipinski definition) is 1. The molecule has 0 aliphatic rings. The Morgan fingerprint density at radius 2 is 1.86 bits per heavy atom. The van der Waals surface area contributed by atoms with Gasteiger partial charge in [-0.2, -0.15) is 10.2 Å². The SMILES string of the molecule is C/C(=N\N=C\c1ccccc1O)c1cc2ccccc2o1. The predicted octanol–water partition coefficient (Wildman–Crippen LogP) is 3.98. The van der Waals surface area contributed by atoms with E-state index in [1.165, 1.54) is 6.21 Å². The van der Waals surface area contributed by atoms with E-state index in [-0.39, 0.29) is 5.75 Å². The molecule has 21 heavy (non-hydrogen) atoms. The zero-order chi connectivity index (χ0) is 14.7. The predicted molar refractivity (Wildman–Crippen MR) is 84.1 cm³/mol. The molecule has 3 aromatic rings. The summed E-state index contributed by atoms with van der Waals surface area (Å²) in [5.74, 6) is 0.864. The van der Waals surface area contributed by atoms with Gasteiger partial charge in [0.15, 0.2) is 5.76 Å². The molecule has 0 saturated carbocycles. The molecule has 2 aromatic carbocycles. The molecule has 0 fully saturated rings. The molecule has 0 spiro atoms. The van der Waals surface area contributed by atoms with Crippen LogP contribution in [0.4, 0.5) is 0 Å². The number of hydrogen-bond acceptors (Lipinski definition) is 4. The first-order valence-corrected chi connectivity index (χ1v) is 6.58. The van der Waals surface area contributed by atoms with Crippen molar-refractivity contribution in [3.63, 3.8) is 0 Å². The van der Waals surface area contributed by atoms with Crippen LogP contribution >= 0.6 is 0 Å². The van der Waals surface area contributed by atoms with Gasteiger partial charge in [-0.25, -0.2) is 0 Å². The summed E-state index contributed by atoms with van der Waals surface area (Å²) in [5, 5.41) is 18.8. The van der Waals surface area contributed by atoms with Gasteiger partial charge in [0, 0.05) is 10.9 Å². The Kier molecular flexibility index (Phi) is 3.51. The van der Waals surface area contributed by atoms with Gasteiger partial charge in [-0.05, 0) is 31.2 Å². The second-order valence-corrected chi connectivity index (χ2v) is 4.64. The van der Waals surface area contributed by atoms with Crippen LogP contribution in [0, 0.1) is 0 Å². The standard InChI is InChI=1S/C17H14N2O2/c1-12(17-10-13-6-3-5-9-16(13)21-17)19-18-11-14-7-2-4-8-15(14)20/h2-11,20H,1H3/b18-11+,19-12+. The summed E-state index contributed by atoms with van der Waals surface area (Å²) in [7, 11) is 0. The molecule has 3 rings (SSSR count). The number of para-hydroxylation sites is 2. The van der Waals surface area contributed by atoms with Crippen LogP contribution in [0.5, 0.6) is 5.75 Å². The lowest BCUT2D eigenvalue weighted by Crippen LogP contribution is -1.90. The zero-order valence-corrected chi connectivity index (χ0v) is 11.5. The fourth-order valence-electron chi connectivity index (χ4n) is 1.98. The maximum atomic E-state index is 9.63. The van der Waals surface area contributed by atoms with E-state index in [4.69, 9.17) is 4.42 Å². The van der Waals surface area contributed by atoms with Crippen molar-refractivity contribution in [3.8, 4) is 5.75 Å². The third-order valence-electron chi connectivity index (χ3n) is 3.12. The average molecular weight is 278 g/mol. The molecular weight excluding hydrogens is 264 g/mol. The molecule has 4 nitrogen and oxygen atoms in total. The van der Waals surface area contributed by atoms with E-state index in [1.807, 2.05) is 43.3 Å². The molecule has 104 valence electrons. The van der Waals surface area contributed by atoms with E-state index in [2.05, 4.69) is 10.2 Å². The highest BCUT2D eigenvalue weighted by atomic mass is 16.3. The number of furan rings is 1. The van der Waals surface area contributed by atoms with Crippen molar-refractivity contribution in [2.75, 3.05) is 0 Å². The summed E-state index contributed by atoms with van der Waals surface area (Å²) in [5.41, 5.74) is 2.13. The average Bonchev–Trinajstić information content (AvgIpc) is 2.93. The van der Waals surface area contributed by atoms with Crippen molar-refractivity contribution in [2.45, 2.75) is 6.92 Å². The lowest BCUT2D eigenvalue weighted by atomic mass is 10.2. The van der Waals surface area contributed by atoms with Crippen molar-refractivity contribution >= 4 is 22.9 Å². The van der Waals surface area contributed by atoms with E-state index in [0.717, 1.165) is 11.0 Å². The molecule has 1 heterocycles. The summed E-state index contributed by atoms with van der Waals surface area (Å²) in [6, 6.07) is 16.7. The van der Waals surface area contributed by atoms with Gasteiger partial charge < -0.3 is 9.52 Å². The first-order chi connectivity index (χ1) is 10.2. The highest BCUT2D eigenvalue weighted by Crippen LogP contribution is 2.19. The van der Waals surface area contributed by atoms with Crippen LogP contribution in [0.15, 0.2) is 69.2 Å². The van der Waals surface area contributed by atoms with Crippen LogP contribution in [0.1, 0.15) is 18.2 Å². The molecule has 0 radical (unpaired) electrons. The van der Waals surface area contributed by atoms with Crippen LogP contribution in [0.2, 0.25) is 0 Å². The van der Waals surface area contributed by atoms with E-state index >= 15 is 0 Å². The summed E-state index contributed by atoms with van der Waals surface area (Å²) in [6.45, 7) is 1.83. The van der Waals surface area contributed by atoms with Gasteiger partial charge in [0.1, 0.15) is 17.0 Å². The van der Waals surface area contributed by atoms with Gasteiger partial charge in [-0.3, -0.25) is 0 Å². The van der Waals surface area contributed by atoms with Gasteiger partial charge in [-0.1, -0.05) is 30.3 Å². The van der Waals surface area contributed by atoms with Crippen LogP contribution < -0.4 is 0 Å². The van der Waals surface area contributed by atoms with Gasteiger partial charge in [-0.15, -0.1) is 0 Å². The van der Waals surface area contributed by atoms with Crippen molar-refractivity contribution in [3.05, 3.63) is 65.9 Å². The van der Waals surface area contributed by atoms with Gasteiger partial charge in [0.25, 0.3) is 0 Å². The van der Waals surface area contributed by atoms with Gasteiger partial charge in [0.2, 0.25) is 0 Å². The van der Waals surface area contributed by atoms with Gasteiger partial charge in [0.05, 0.1) is 6.21 Å². The van der Waals surface area contributed by atoms with E-state index in [1.54, 1.807) is 18.2 Å². The summed E-state index contributed by atoms with van der Waals surface area (Å²) >= 11 is 0. The van der Waals surface area contributed by atoms with Crippen LogP contribution in [0.25, 0.3) is 11.0 Å². The molecule has 1 N–H and O–H groups in total. The first-order valence-electron chi connectivity index (χ1n) is 6.58. The number of phenols is 1. The number of benzene rings is 2. The minimum atomic E-state index is 0.179. The summed E-state index contributed by atoms with van der Waals surface area (Å²) in [6.07, 6.45) is 1.52. The maximum Gasteiger partial charge on any atom is 0.151 e. The van der Waals surface area contributed by atoms with Crippen molar-refractivity contribution in [2.24, 2.45) is 10.2 Å². The monoisotopic (exact) mass is 278 g/mol. The van der Waals surface area contributed by atoms with Crippen LogP contribution in [-0.4, -0.2) is 17.0 Å². The Hall–Kier alpha value is -2.88. The lowest BCUT2D eigenvalue weighted by Gasteiger charge is -1.95. The van der Waals surface area contributed by atoms with Crippen molar-refractivity contribution < 1.29 is 9.52 Å². The number of nitrogens with zero attached hydrogens (tertiary/aromatic N) is 2. The molecule has 0 saturated heterocycles. The topological polar surface area (TPSA) is 58.1 Å². The number of phenolic OH excluding ortho intramolecular Hbond substituents is 1. The largest absolute Gasteiger partial charge is 0.507 e. The molecule has 0 bridgehead atoms. The Morgan fingerprint density at radius 3 is 2.67 bits per heavy atom. The molecule has 0 atom stereocenters. The molecule has 1 aromatic heterocycles. The number of fused-ring (bicyclic) bond motifs is 1. The summed E-state index contributed by atoms with van der Waals surface area (Å²) in [4.78, 5) is 0. The smallest absolute Gasteiger partial charge is 0.151 e. The van der Waals surface area contributed by atoms with Crippen LogP contribution in [-0.2, 0) is 0 Å². The first kappa shape index (κ1) is 13.1. The van der Waals surface area contributed by atoms with E-state index in [0.29, 0.717) is 17.0 Å². The highest BCUT2D eigenvalue weighted by Gasteiger charge is 2.05. The fraction of sp³-hybridized carbons (Fsp3) is 0.0588. The Bertz CT molecular complexity index is 798. The maximum absolute atomic E-state index is 9.63. The molecule has 0 amide bonds. The van der Waals surface area contributed by atoms with Crippen LogP contribution in [0.3, 0.4) is 0 Å². The minimum Gasteiger partial charge on any atom is -0.507 e. The summed E-state index contributed by atoms with van der Waals surface area (Å²) < 4.78 is 5.70. The number of aromatic hydroxyl groups is 1. The van der Waals surface area contributed by atoms with E-state index < -0.39 is 0 Å². The lowest BCUT2D eigenvalue weighted by molar-refractivity contribution is 0.474. The molecule has 0 aliphatic heterocycles. The van der Waals surface area contributed by atoms with E-state index in [9.17, 15) is 5.11 Å². The number of rotatable bonds is 3. The second-order valence-electron chi connectivity index (χ2n) is 4.64. The molecule has 4 heteroatoms. The molecule has 0 unspecified atom stereocenters. The normalized spacial score (nSPS) is 12.3.